The smallest absolute Gasteiger partial charge is 0.197 e. The molecule has 0 bridgehead atoms. The third-order valence-corrected chi connectivity index (χ3v) is 4.72. The maximum absolute atomic E-state index is 10.3. The molecule has 4 rings (SSSR count). The second-order valence-electron chi connectivity index (χ2n) is 6.91. The third kappa shape index (κ3) is 3.13. The van der Waals surface area contributed by atoms with Gasteiger partial charge in [0.05, 0.1) is 16.9 Å². The van der Waals surface area contributed by atoms with E-state index in [1.807, 2.05) is 41.9 Å². The number of aromatic amines is 1. The van der Waals surface area contributed by atoms with Crippen LogP contribution in [0.2, 0.25) is 0 Å². The van der Waals surface area contributed by atoms with Crippen molar-refractivity contribution >= 4 is 23.1 Å². The number of hydrogen-bond donors (Lipinski definition) is 2. The van der Waals surface area contributed by atoms with Crippen molar-refractivity contribution in [2.24, 2.45) is 0 Å². The van der Waals surface area contributed by atoms with Crippen LogP contribution in [0, 0.1) is 11.7 Å². The van der Waals surface area contributed by atoms with E-state index in [1.54, 1.807) is 6.07 Å². The first-order valence-corrected chi connectivity index (χ1v) is 9.24. The third-order valence-electron chi connectivity index (χ3n) is 4.53. The highest BCUT2D eigenvalue weighted by atomic mass is 32.1. The second-order valence-corrected chi connectivity index (χ2v) is 7.30. The molecule has 136 valence electrons. The van der Waals surface area contributed by atoms with E-state index in [1.165, 1.54) is 0 Å². The van der Waals surface area contributed by atoms with Crippen LogP contribution in [-0.2, 0) is 0 Å². The number of aromatic nitrogens is 4. The molecule has 5 nitrogen and oxygen atoms in total. The van der Waals surface area contributed by atoms with E-state index in [-0.39, 0.29) is 11.8 Å². The average molecular weight is 376 g/mol. The van der Waals surface area contributed by atoms with Crippen molar-refractivity contribution in [2.45, 2.75) is 26.8 Å². The summed E-state index contributed by atoms with van der Waals surface area (Å²) in [7, 11) is 0. The predicted molar refractivity (Wildman–Crippen MR) is 110 cm³/mol. The summed E-state index contributed by atoms with van der Waals surface area (Å²) >= 11 is 5.36. The Kier molecular flexibility index (Phi) is 4.28. The van der Waals surface area contributed by atoms with Crippen LogP contribution in [0.25, 0.3) is 33.5 Å². The lowest BCUT2D eigenvalue weighted by Gasteiger charge is -2.08. The van der Waals surface area contributed by atoms with Crippen LogP contribution in [0.1, 0.15) is 25.5 Å². The van der Waals surface area contributed by atoms with Gasteiger partial charge in [-0.25, -0.2) is 4.98 Å². The molecule has 2 aromatic carbocycles. The van der Waals surface area contributed by atoms with E-state index >= 15 is 0 Å². The molecule has 0 aliphatic carbocycles. The molecule has 2 heterocycles. The molecule has 27 heavy (non-hydrogen) atoms. The monoisotopic (exact) mass is 376 g/mol. The summed E-state index contributed by atoms with van der Waals surface area (Å²) in [5.74, 6) is 0.178. The molecule has 0 amide bonds. The number of nitrogens with zero attached hydrogens (tertiary/aromatic N) is 3. The summed E-state index contributed by atoms with van der Waals surface area (Å²) in [5.41, 5.74) is 4.99. The molecule has 4 aromatic rings. The molecule has 2 N–H and O–H groups in total. The van der Waals surface area contributed by atoms with E-state index in [0.717, 1.165) is 27.9 Å². The first kappa shape index (κ1) is 17.4. The van der Waals surface area contributed by atoms with Gasteiger partial charge in [0.25, 0.3) is 0 Å². The van der Waals surface area contributed by atoms with Crippen molar-refractivity contribution in [3.63, 3.8) is 0 Å². The van der Waals surface area contributed by atoms with Gasteiger partial charge in [-0.1, -0.05) is 29.8 Å². The molecule has 0 fully saturated rings. The topological polar surface area (TPSA) is 66.7 Å². The highest BCUT2D eigenvalue weighted by Gasteiger charge is 2.16. The molecule has 0 unspecified atom stereocenters. The summed E-state index contributed by atoms with van der Waals surface area (Å²) in [6.45, 7) is 6.19. The average Bonchev–Trinajstić information content (AvgIpc) is 3.03. The Labute approximate surface area is 162 Å². The number of phenols is 1. The molecule has 0 atom stereocenters. The molecule has 0 aliphatic heterocycles. The number of hydrogen-bond acceptors (Lipinski definition) is 4. The van der Waals surface area contributed by atoms with Crippen molar-refractivity contribution in [1.82, 2.24) is 19.7 Å². The molecule has 0 saturated heterocycles. The number of fused-ring (bicyclic) bond motifs is 1. The van der Waals surface area contributed by atoms with Gasteiger partial charge in [0.1, 0.15) is 11.4 Å². The van der Waals surface area contributed by atoms with Gasteiger partial charge in [0.2, 0.25) is 0 Å². The second kappa shape index (κ2) is 6.63. The lowest BCUT2D eigenvalue weighted by Crippen LogP contribution is -2.02. The Morgan fingerprint density at radius 1 is 1.11 bits per heavy atom. The van der Waals surface area contributed by atoms with Crippen molar-refractivity contribution in [2.75, 3.05) is 0 Å². The zero-order valence-electron chi connectivity index (χ0n) is 15.4. The minimum absolute atomic E-state index is 0.178. The van der Waals surface area contributed by atoms with Crippen LogP contribution in [0.15, 0.2) is 48.5 Å². The standard InChI is InChI=1S/C21H20N4OS/c1-12(2)25-18-7-5-4-6-14(18)20(24-25)17-11-16(22-21(27)23-17)15-10-13(3)8-9-19(15)26/h4-12,26H,1-3H3,(H,22,23,27). The molecular formula is C21H20N4OS. The first-order chi connectivity index (χ1) is 12.9. The van der Waals surface area contributed by atoms with Crippen LogP contribution in [0.5, 0.6) is 5.75 Å². The van der Waals surface area contributed by atoms with Gasteiger partial charge < -0.3 is 10.1 Å². The van der Waals surface area contributed by atoms with E-state index in [9.17, 15) is 5.11 Å². The van der Waals surface area contributed by atoms with Gasteiger partial charge in [-0.2, -0.15) is 5.10 Å². The fraction of sp³-hybridized carbons (Fsp3) is 0.190. The highest BCUT2D eigenvalue weighted by Crippen LogP contribution is 2.33. The number of para-hydroxylation sites is 1. The van der Waals surface area contributed by atoms with Crippen molar-refractivity contribution in [1.29, 1.82) is 0 Å². The number of H-pyrrole nitrogens is 1. The number of aryl methyl sites for hydroxylation is 1. The van der Waals surface area contributed by atoms with Gasteiger partial charge >= 0.3 is 0 Å². The lowest BCUT2D eigenvalue weighted by atomic mass is 10.1. The summed E-state index contributed by atoms with van der Waals surface area (Å²) in [6, 6.07) is 15.7. The Bertz CT molecular complexity index is 1210. The molecule has 6 heteroatoms. The van der Waals surface area contributed by atoms with Crippen molar-refractivity contribution < 1.29 is 5.11 Å². The molecule has 0 radical (unpaired) electrons. The van der Waals surface area contributed by atoms with Crippen LogP contribution >= 0.6 is 12.2 Å². The highest BCUT2D eigenvalue weighted by molar-refractivity contribution is 7.71. The first-order valence-electron chi connectivity index (χ1n) is 8.83. The molecule has 0 spiro atoms. The maximum atomic E-state index is 10.3. The minimum atomic E-state index is 0.178. The number of phenolic OH excluding ortho intramolecular Hbond substituents is 1. The van der Waals surface area contributed by atoms with E-state index in [0.29, 0.717) is 16.0 Å². The van der Waals surface area contributed by atoms with Gasteiger partial charge in [-0.15, -0.1) is 0 Å². The molecule has 0 aliphatic rings. The normalized spacial score (nSPS) is 11.4. The Morgan fingerprint density at radius 3 is 2.67 bits per heavy atom. The largest absolute Gasteiger partial charge is 0.507 e. The predicted octanol–water partition coefficient (Wildman–Crippen LogP) is 5.42. The SMILES string of the molecule is Cc1ccc(O)c(-c2cc(-c3nn(C(C)C)c4ccccc34)[nH]c(=S)n2)c1. The Hall–Kier alpha value is -2.99. The zero-order valence-corrected chi connectivity index (χ0v) is 16.2. The number of benzene rings is 2. The van der Waals surface area contributed by atoms with Crippen LogP contribution in [-0.4, -0.2) is 24.9 Å². The Morgan fingerprint density at radius 2 is 1.89 bits per heavy atom. The summed E-state index contributed by atoms with van der Waals surface area (Å²) in [5, 5.41) is 16.2. The fourth-order valence-electron chi connectivity index (χ4n) is 3.26. The molecule has 2 aromatic heterocycles. The van der Waals surface area contributed by atoms with E-state index in [2.05, 4.69) is 35.9 Å². The van der Waals surface area contributed by atoms with Crippen LogP contribution < -0.4 is 0 Å². The minimum Gasteiger partial charge on any atom is -0.507 e. The fourth-order valence-corrected chi connectivity index (χ4v) is 3.47. The van der Waals surface area contributed by atoms with E-state index < -0.39 is 0 Å². The van der Waals surface area contributed by atoms with Crippen LogP contribution in [0.3, 0.4) is 0 Å². The quantitative estimate of drug-likeness (QED) is 0.469. The van der Waals surface area contributed by atoms with E-state index in [4.69, 9.17) is 17.3 Å². The lowest BCUT2D eigenvalue weighted by molar-refractivity contribution is 0.477. The summed E-state index contributed by atoms with van der Waals surface area (Å²) in [6.07, 6.45) is 0. The van der Waals surface area contributed by atoms with Gasteiger partial charge in [0.15, 0.2) is 4.77 Å². The van der Waals surface area contributed by atoms with Gasteiger partial charge in [0, 0.05) is 17.0 Å². The number of nitrogens with one attached hydrogen (secondary N) is 1. The van der Waals surface area contributed by atoms with Crippen LogP contribution in [0.4, 0.5) is 0 Å². The zero-order chi connectivity index (χ0) is 19.1. The summed E-state index contributed by atoms with van der Waals surface area (Å²) in [4.78, 5) is 7.58. The molecule has 0 saturated carbocycles. The molecular weight excluding hydrogens is 356 g/mol. The van der Waals surface area contributed by atoms with Gasteiger partial charge in [-0.3, -0.25) is 4.68 Å². The number of aromatic hydroxyl groups is 1. The van der Waals surface area contributed by atoms with Gasteiger partial charge in [-0.05, 0) is 57.3 Å². The summed E-state index contributed by atoms with van der Waals surface area (Å²) < 4.78 is 2.36. The number of rotatable bonds is 3. The van der Waals surface area contributed by atoms with Crippen molar-refractivity contribution in [3.8, 4) is 28.4 Å². The van der Waals surface area contributed by atoms with Crippen molar-refractivity contribution in [3.05, 3.63) is 58.9 Å². The Balaban J connectivity index is 1.97. The maximum Gasteiger partial charge on any atom is 0.197 e.